The molecule has 1 amide bonds. The number of rotatable bonds is 7. The number of nitrogens with zero attached hydrogens (tertiary/aromatic N) is 3. The molecule has 4 aromatic rings. The number of halogens is 3. The number of anilines is 1. The summed E-state index contributed by atoms with van der Waals surface area (Å²) in [5.41, 5.74) is 2.06. The van der Waals surface area contributed by atoms with Gasteiger partial charge in [0.15, 0.2) is 6.61 Å². The Morgan fingerprint density at radius 1 is 1.08 bits per heavy atom. The quantitative estimate of drug-likeness (QED) is 0.157. The molecule has 0 atom stereocenters. The van der Waals surface area contributed by atoms with Gasteiger partial charge in [-0.2, -0.15) is 9.78 Å². The normalized spacial score (nSPS) is 14.1. The minimum absolute atomic E-state index is 0.104. The van der Waals surface area contributed by atoms with Gasteiger partial charge < -0.3 is 10.1 Å². The summed E-state index contributed by atoms with van der Waals surface area (Å²) in [4.78, 5) is 30.8. The second kappa shape index (κ2) is 12.9. The number of para-hydroxylation sites is 1. The number of carbonyl (C=O) groups is 1. The van der Waals surface area contributed by atoms with Gasteiger partial charge in [-0.3, -0.25) is 9.59 Å². The Morgan fingerprint density at radius 3 is 2.51 bits per heavy atom. The van der Waals surface area contributed by atoms with Gasteiger partial charge in [-0.15, -0.1) is 0 Å². The molecule has 1 heterocycles. The highest BCUT2D eigenvalue weighted by Crippen LogP contribution is 2.32. The predicted molar refractivity (Wildman–Crippen MR) is 175 cm³/mol. The molecule has 1 fully saturated rings. The van der Waals surface area contributed by atoms with E-state index in [0.717, 1.165) is 54.4 Å². The predicted octanol–water partition coefficient (Wildman–Crippen LogP) is 7.32. The van der Waals surface area contributed by atoms with E-state index < -0.39 is 0 Å². The van der Waals surface area contributed by atoms with Gasteiger partial charge in [-0.1, -0.05) is 53.4 Å². The van der Waals surface area contributed by atoms with Crippen molar-refractivity contribution in [3.63, 3.8) is 0 Å². The highest BCUT2D eigenvalue weighted by molar-refractivity contribution is 14.1. The van der Waals surface area contributed by atoms with Crippen LogP contribution in [0.4, 0.5) is 5.69 Å². The van der Waals surface area contributed by atoms with E-state index in [1.165, 1.54) is 11.1 Å². The van der Waals surface area contributed by atoms with E-state index in [-0.39, 0.29) is 24.0 Å². The summed E-state index contributed by atoms with van der Waals surface area (Å²) in [6.07, 6.45) is 7.17. The first-order valence-corrected chi connectivity index (χ1v) is 15.6. The van der Waals surface area contributed by atoms with Crippen molar-refractivity contribution in [1.29, 1.82) is 0 Å². The number of benzene rings is 3. The molecular formula is C29H25BrI2N4O3. The topological polar surface area (TPSA) is 85.6 Å². The van der Waals surface area contributed by atoms with Crippen LogP contribution in [-0.4, -0.2) is 28.4 Å². The fraction of sp³-hybridized carbons (Fsp3) is 0.241. The van der Waals surface area contributed by atoms with Crippen molar-refractivity contribution in [1.82, 2.24) is 9.66 Å². The van der Waals surface area contributed by atoms with Crippen LogP contribution in [0.25, 0.3) is 10.9 Å². The largest absolute Gasteiger partial charge is 0.482 e. The molecular weight excluding hydrogens is 786 g/mol. The van der Waals surface area contributed by atoms with E-state index >= 15 is 0 Å². The van der Waals surface area contributed by atoms with E-state index in [1.54, 1.807) is 12.3 Å². The Hall–Kier alpha value is -2.32. The van der Waals surface area contributed by atoms with E-state index in [0.29, 0.717) is 16.7 Å². The molecule has 3 aromatic carbocycles. The zero-order valence-corrected chi connectivity index (χ0v) is 26.8. The van der Waals surface area contributed by atoms with Crippen LogP contribution in [0.2, 0.25) is 0 Å². The standard InChI is InChI=1S/C29H25BrI2N4O3/c30-20-11-12-25-22(15-20)29(38)36(28(35-25)19-7-3-1-4-8-19)33-16-18-13-23(31)27(24(32)14-18)39-17-26(37)34-21-9-5-2-6-10-21/h2,5-6,9-16,19H,1,3-4,7-8,17H2,(H,34,37). The van der Waals surface area contributed by atoms with Crippen LogP contribution in [0, 0.1) is 7.14 Å². The molecule has 1 N–H and O–H groups in total. The summed E-state index contributed by atoms with van der Waals surface area (Å²) < 4.78 is 9.84. The summed E-state index contributed by atoms with van der Waals surface area (Å²) in [5.74, 6) is 1.33. The van der Waals surface area contributed by atoms with Crippen LogP contribution >= 0.6 is 61.1 Å². The molecule has 5 rings (SSSR count). The van der Waals surface area contributed by atoms with Gasteiger partial charge in [0, 0.05) is 16.1 Å². The third-order valence-electron chi connectivity index (χ3n) is 6.55. The molecule has 39 heavy (non-hydrogen) atoms. The smallest absolute Gasteiger partial charge is 0.282 e. The number of fused-ring (bicyclic) bond motifs is 1. The average molecular weight is 811 g/mol. The first-order valence-electron chi connectivity index (χ1n) is 12.6. The van der Waals surface area contributed by atoms with Crippen molar-refractivity contribution in [3.05, 3.63) is 94.0 Å². The Bertz CT molecular complexity index is 1580. The fourth-order valence-electron chi connectivity index (χ4n) is 4.68. The number of amides is 1. The Morgan fingerprint density at radius 2 is 1.79 bits per heavy atom. The van der Waals surface area contributed by atoms with Crippen molar-refractivity contribution in [3.8, 4) is 5.75 Å². The summed E-state index contributed by atoms with van der Waals surface area (Å²) in [6.45, 7) is -0.104. The van der Waals surface area contributed by atoms with Gasteiger partial charge in [-0.25, -0.2) is 4.98 Å². The Labute approximate surface area is 261 Å². The van der Waals surface area contributed by atoms with Crippen molar-refractivity contribution in [2.24, 2.45) is 5.10 Å². The molecule has 0 saturated heterocycles. The van der Waals surface area contributed by atoms with E-state index in [2.05, 4.69) is 71.5 Å². The van der Waals surface area contributed by atoms with Crippen LogP contribution in [0.5, 0.6) is 5.75 Å². The van der Waals surface area contributed by atoms with Crippen LogP contribution in [0.15, 0.2) is 75.0 Å². The SMILES string of the molecule is O=C(COc1c(I)cc(C=Nn2c(C3CCCCC3)nc3ccc(Br)cc3c2=O)cc1I)Nc1ccccc1. The average Bonchev–Trinajstić information content (AvgIpc) is 2.93. The van der Waals surface area contributed by atoms with E-state index in [4.69, 9.17) is 9.72 Å². The van der Waals surface area contributed by atoms with E-state index in [1.807, 2.05) is 54.6 Å². The second-order valence-electron chi connectivity index (χ2n) is 9.34. The van der Waals surface area contributed by atoms with Gasteiger partial charge in [-0.05, 0) is 106 Å². The maximum atomic E-state index is 13.6. The number of ether oxygens (including phenoxy) is 1. The Balaban J connectivity index is 1.40. The summed E-state index contributed by atoms with van der Waals surface area (Å²) in [6, 6.07) is 18.7. The lowest BCUT2D eigenvalue weighted by molar-refractivity contribution is -0.118. The fourth-order valence-corrected chi connectivity index (χ4v) is 7.16. The van der Waals surface area contributed by atoms with E-state index in [9.17, 15) is 9.59 Å². The van der Waals surface area contributed by atoms with Crippen molar-refractivity contribution in [2.45, 2.75) is 38.0 Å². The highest BCUT2D eigenvalue weighted by atomic mass is 127. The molecule has 0 radical (unpaired) electrons. The van der Waals surface area contributed by atoms with Gasteiger partial charge in [0.05, 0.1) is 24.3 Å². The molecule has 1 saturated carbocycles. The maximum absolute atomic E-state index is 13.6. The highest BCUT2D eigenvalue weighted by Gasteiger charge is 2.22. The van der Waals surface area contributed by atoms with Gasteiger partial charge in [0.1, 0.15) is 11.6 Å². The molecule has 0 aliphatic heterocycles. The molecule has 200 valence electrons. The van der Waals surface area contributed by atoms with Crippen LogP contribution in [0.1, 0.15) is 49.4 Å². The number of aromatic nitrogens is 2. The summed E-state index contributed by atoms with van der Waals surface area (Å²) in [7, 11) is 0. The first kappa shape index (κ1) is 28.2. The number of nitrogens with one attached hydrogen (secondary N) is 1. The third-order valence-corrected chi connectivity index (χ3v) is 8.65. The molecule has 7 nitrogen and oxygen atoms in total. The monoisotopic (exact) mass is 810 g/mol. The van der Waals surface area contributed by atoms with Crippen LogP contribution in [-0.2, 0) is 4.79 Å². The molecule has 1 aliphatic rings. The third kappa shape index (κ3) is 6.88. The molecule has 1 aromatic heterocycles. The minimum Gasteiger partial charge on any atom is -0.482 e. The number of hydrogen-bond donors (Lipinski definition) is 1. The van der Waals surface area contributed by atoms with Gasteiger partial charge in [0.25, 0.3) is 11.5 Å². The van der Waals surface area contributed by atoms with Crippen molar-refractivity contribution >= 4 is 89.8 Å². The lowest BCUT2D eigenvalue weighted by atomic mass is 9.88. The number of hydrogen-bond acceptors (Lipinski definition) is 5. The Kier molecular flexibility index (Phi) is 9.33. The first-order chi connectivity index (χ1) is 18.9. The maximum Gasteiger partial charge on any atom is 0.282 e. The molecule has 1 aliphatic carbocycles. The summed E-state index contributed by atoms with van der Waals surface area (Å²) >= 11 is 7.85. The van der Waals surface area contributed by atoms with Crippen molar-refractivity contribution in [2.75, 3.05) is 11.9 Å². The van der Waals surface area contributed by atoms with Crippen molar-refractivity contribution < 1.29 is 9.53 Å². The van der Waals surface area contributed by atoms with Gasteiger partial charge >= 0.3 is 0 Å². The van der Waals surface area contributed by atoms with Gasteiger partial charge in [0.2, 0.25) is 0 Å². The lowest BCUT2D eigenvalue weighted by Crippen LogP contribution is -2.25. The molecule has 0 bridgehead atoms. The van der Waals surface area contributed by atoms with Crippen LogP contribution in [0.3, 0.4) is 0 Å². The second-order valence-corrected chi connectivity index (χ2v) is 12.6. The molecule has 0 unspecified atom stereocenters. The minimum atomic E-state index is -0.233. The molecule has 10 heteroatoms. The summed E-state index contributed by atoms with van der Waals surface area (Å²) in [5, 5.41) is 8.01. The lowest BCUT2D eigenvalue weighted by Gasteiger charge is -2.22. The van der Waals surface area contributed by atoms with Crippen LogP contribution < -0.4 is 15.6 Å². The number of carbonyl (C=O) groups excluding carboxylic acids is 1. The zero-order valence-electron chi connectivity index (χ0n) is 20.9. The zero-order chi connectivity index (χ0) is 27.4. The molecule has 0 spiro atoms.